The zero-order chi connectivity index (χ0) is 12.4. The van der Waals surface area contributed by atoms with Gasteiger partial charge in [0, 0.05) is 13.2 Å². The van der Waals surface area contributed by atoms with E-state index in [0.29, 0.717) is 21.6 Å². The van der Waals surface area contributed by atoms with E-state index < -0.39 is 0 Å². The lowest BCUT2D eigenvalue weighted by Gasteiger charge is -2.09. The molecule has 0 bridgehead atoms. The quantitative estimate of drug-likeness (QED) is 0.866. The van der Waals surface area contributed by atoms with Crippen molar-refractivity contribution in [2.75, 3.05) is 5.32 Å². The molecule has 0 fully saturated rings. The molecule has 0 atom stereocenters. The number of rotatable bonds is 3. The van der Waals surface area contributed by atoms with Gasteiger partial charge in [0.2, 0.25) is 0 Å². The molecule has 0 unspecified atom stereocenters. The summed E-state index contributed by atoms with van der Waals surface area (Å²) >= 11 is 17.8. The second-order valence-corrected chi connectivity index (χ2v) is 4.77. The predicted octanol–water partition coefficient (Wildman–Crippen LogP) is 3.99. The highest BCUT2D eigenvalue weighted by Crippen LogP contribution is 2.32. The molecular weight excluding hydrogens is 281 g/mol. The van der Waals surface area contributed by atoms with E-state index in [1.54, 1.807) is 23.0 Å². The van der Waals surface area contributed by atoms with Gasteiger partial charge in [-0.1, -0.05) is 34.8 Å². The number of nitrogens with one attached hydrogen (secondary N) is 1. The van der Waals surface area contributed by atoms with E-state index in [4.69, 9.17) is 34.8 Å². The summed E-state index contributed by atoms with van der Waals surface area (Å²) in [6.07, 6.45) is 1.74. The maximum atomic E-state index is 6.05. The summed E-state index contributed by atoms with van der Waals surface area (Å²) in [5, 5.41) is 8.73. The lowest BCUT2D eigenvalue weighted by atomic mass is 10.3. The first-order valence-corrected chi connectivity index (χ1v) is 6.06. The van der Waals surface area contributed by atoms with E-state index in [2.05, 4.69) is 10.4 Å². The number of nitrogens with zero attached hydrogens (tertiary/aromatic N) is 2. The molecule has 3 nitrogen and oxygen atoms in total. The molecule has 2 rings (SSSR count). The largest absolute Gasteiger partial charge is 0.378 e. The van der Waals surface area contributed by atoms with Gasteiger partial charge in [-0.15, -0.1) is 0 Å². The van der Waals surface area contributed by atoms with E-state index in [1.807, 2.05) is 13.1 Å². The first-order valence-electron chi connectivity index (χ1n) is 4.93. The molecule has 0 saturated carbocycles. The van der Waals surface area contributed by atoms with Gasteiger partial charge in [0.15, 0.2) is 0 Å². The second-order valence-electron chi connectivity index (χ2n) is 3.55. The Morgan fingerprint density at radius 2 is 1.88 bits per heavy atom. The van der Waals surface area contributed by atoms with E-state index in [9.17, 15) is 0 Å². The number of benzene rings is 1. The summed E-state index contributed by atoms with van der Waals surface area (Å²) in [6.45, 7) is 0.619. The van der Waals surface area contributed by atoms with Crippen LogP contribution in [0.2, 0.25) is 15.1 Å². The maximum Gasteiger partial charge on any atom is 0.0653 e. The maximum absolute atomic E-state index is 6.05. The Kier molecular flexibility index (Phi) is 3.82. The summed E-state index contributed by atoms with van der Waals surface area (Å²) in [5.41, 5.74) is 1.80. The minimum atomic E-state index is 0.447. The van der Waals surface area contributed by atoms with Gasteiger partial charge < -0.3 is 5.32 Å². The highest BCUT2D eigenvalue weighted by molar-refractivity contribution is 6.44. The molecule has 0 aliphatic heterocycles. The molecule has 0 saturated heterocycles. The van der Waals surface area contributed by atoms with Crippen molar-refractivity contribution in [3.63, 3.8) is 0 Å². The number of hydrogen-bond acceptors (Lipinski definition) is 2. The monoisotopic (exact) mass is 289 g/mol. The topological polar surface area (TPSA) is 29.9 Å². The molecule has 0 aliphatic rings. The van der Waals surface area contributed by atoms with Gasteiger partial charge in [-0.2, -0.15) is 5.10 Å². The van der Waals surface area contributed by atoms with Crippen LogP contribution in [0.25, 0.3) is 0 Å². The summed E-state index contributed by atoms with van der Waals surface area (Å²) in [6, 6.07) is 5.26. The third-order valence-corrected chi connectivity index (χ3v) is 3.43. The Morgan fingerprint density at radius 1 is 1.18 bits per heavy atom. The van der Waals surface area contributed by atoms with Crippen LogP contribution in [0.4, 0.5) is 5.69 Å². The van der Waals surface area contributed by atoms with Crippen LogP contribution in [-0.2, 0) is 13.6 Å². The van der Waals surface area contributed by atoms with Crippen molar-refractivity contribution in [2.45, 2.75) is 6.54 Å². The van der Waals surface area contributed by atoms with Gasteiger partial charge >= 0.3 is 0 Å². The smallest absolute Gasteiger partial charge is 0.0653 e. The Labute approximate surface area is 114 Å². The van der Waals surface area contributed by atoms with Crippen LogP contribution in [0.3, 0.4) is 0 Å². The molecule has 0 radical (unpaired) electrons. The number of anilines is 1. The Morgan fingerprint density at radius 3 is 2.53 bits per heavy atom. The molecule has 1 heterocycles. The third kappa shape index (κ3) is 2.86. The van der Waals surface area contributed by atoms with Gasteiger partial charge in [-0.25, -0.2) is 0 Å². The number of aryl methyl sites for hydroxylation is 1. The van der Waals surface area contributed by atoms with Crippen molar-refractivity contribution >= 4 is 40.5 Å². The standard InChI is InChI=1S/C11H10Cl3N3/c1-17-7(2-3-16-17)6-15-11-5-9(13)8(12)4-10(11)14/h2-5,15H,6H2,1H3. The molecule has 0 spiro atoms. The van der Waals surface area contributed by atoms with Gasteiger partial charge in [-0.05, 0) is 18.2 Å². The van der Waals surface area contributed by atoms with Crippen molar-refractivity contribution in [2.24, 2.45) is 7.05 Å². The fraction of sp³-hybridized carbons (Fsp3) is 0.182. The average Bonchev–Trinajstić information content (AvgIpc) is 2.68. The van der Waals surface area contributed by atoms with Crippen molar-refractivity contribution in [1.82, 2.24) is 9.78 Å². The van der Waals surface area contributed by atoms with Crippen LogP contribution in [0.5, 0.6) is 0 Å². The van der Waals surface area contributed by atoms with Crippen LogP contribution in [0.1, 0.15) is 5.69 Å². The van der Waals surface area contributed by atoms with E-state index in [0.717, 1.165) is 11.4 Å². The lowest BCUT2D eigenvalue weighted by Crippen LogP contribution is -2.05. The molecule has 1 aromatic heterocycles. The third-order valence-electron chi connectivity index (χ3n) is 2.39. The van der Waals surface area contributed by atoms with Gasteiger partial charge in [0.25, 0.3) is 0 Å². The molecule has 6 heteroatoms. The Balaban J connectivity index is 2.14. The molecule has 0 amide bonds. The zero-order valence-electron chi connectivity index (χ0n) is 9.04. The molecule has 0 aliphatic carbocycles. The summed E-state index contributed by atoms with van der Waals surface area (Å²) in [4.78, 5) is 0. The fourth-order valence-electron chi connectivity index (χ4n) is 1.42. The van der Waals surface area contributed by atoms with E-state index in [-0.39, 0.29) is 0 Å². The average molecular weight is 291 g/mol. The number of halogens is 3. The predicted molar refractivity (Wildman–Crippen MR) is 72.0 cm³/mol. The van der Waals surface area contributed by atoms with Gasteiger partial charge in [-0.3, -0.25) is 4.68 Å². The van der Waals surface area contributed by atoms with Crippen LogP contribution < -0.4 is 5.32 Å². The Hall–Kier alpha value is -0.900. The van der Waals surface area contributed by atoms with E-state index >= 15 is 0 Å². The zero-order valence-corrected chi connectivity index (χ0v) is 11.3. The first kappa shape index (κ1) is 12.6. The molecule has 1 aromatic carbocycles. The molecule has 1 N–H and O–H groups in total. The van der Waals surface area contributed by atoms with Crippen molar-refractivity contribution in [1.29, 1.82) is 0 Å². The van der Waals surface area contributed by atoms with Crippen molar-refractivity contribution in [3.05, 3.63) is 45.2 Å². The van der Waals surface area contributed by atoms with Gasteiger partial charge in [0.1, 0.15) is 0 Å². The number of hydrogen-bond donors (Lipinski definition) is 1. The molecular formula is C11H10Cl3N3. The second kappa shape index (κ2) is 5.17. The summed E-state index contributed by atoms with van der Waals surface area (Å²) in [5.74, 6) is 0. The van der Waals surface area contributed by atoms with Crippen LogP contribution >= 0.6 is 34.8 Å². The molecule has 2 aromatic rings. The first-order chi connectivity index (χ1) is 8.08. The van der Waals surface area contributed by atoms with Crippen LogP contribution in [-0.4, -0.2) is 9.78 Å². The highest BCUT2D eigenvalue weighted by Gasteiger charge is 2.06. The minimum absolute atomic E-state index is 0.447. The molecule has 17 heavy (non-hydrogen) atoms. The molecule has 90 valence electrons. The van der Waals surface area contributed by atoms with Crippen LogP contribution in [0.15, 0.2) is 24.4 Å². The lowest BCUT2D eigenvalue weighted by molar-refractivity contribution is 0.720. The SMILES string of the molecule is Cn1nccc1CNc1cc(Cl)c(Cl)cc1Cl. The van der Waals surface area contributed by atoms with Crippen molar-refractivity contribution in [3.8, 4) is 0 Å². The Bertz CT molecular complexity index is 537. The van der Waals surface area contributed by atoms with Crippen LogP contribution in [0, 0.1) is 0 Å². The summed E-state index contributed by atoms with van der Waals surface area (Å²) < 4.78 is 1.79. The minimum Gasteiger partial charge on any atom is -0.378 e. The highest BCUT2D eigenvalue weighted by atomic mass is 35.5. The van der Waals surface area contributed by atoms with E-state index in [1.165, 1.54) is 0 Å². The summed E-state index contributed by atoms with van der Waals surface area (Å²) in [7, 11) is 1.88. The van der Waals surface area contributed by atoms with Gasteiger partial charge in [0.05, 0.1) is 33.0 Å². The normalized spacial score (nSPS) is 10.6. The number of aromatic nitrogens is 2. The van der Waals surface area contributed by atoms with Crippen molar-refractivity contribution < 1.29 is 0 Å². The fourth-order valence-corrected chi connectivity index (χ4v) is 2.03.